The van der Waals surface area contributed by atoms with Gasteiger partial charge >= 0.3 is 0 Å². The number of hydrogen-bond donors (Lipinski definition) is 0. The molecule has 0 saturated carbocycles. The lowest BCUT2D eigenvalue weighted by molar-refractivity contribution is 0.111. The summed E-state index contributed by atoms with van der Waals surface area (Å²) in [5.41, 5.74) is 1.23. The molecule has 5 heteroatoms. The molecule has 0 aliphatic carbocycles. The molecule has 3 nitrogen and oxygen atoms in total. The highest BCUT2D eigenvalue weighted by Gasteiger charge is 2.22. The molecule has 2 aliphatic rings. The van der Waals surface area contributed by atoms with Crippen molar-refractivity contribution in [1.29, 1.82) is 0 Å². The average Bonchev–Trinajstić information content (AvgIpc) is 2.98. The van der Waals surface area contributed by atoms with Crippen LogP contribution in [0.15, 0.2) is 18.2 Å². The summed E-state index contributed by atoms with van der Waals surface area (Å²) in [4.78, 5) is 5.13. The monoisotopic (exact) mass is 342 g/mol. The van der Waals surface area contributed by atoms with Crippen LogP contribution in [-0.4, -0.2) is 62.3 Å². The molecule has 2 fully saturated rings. The Labute approximate surface area is 143 Å². The van der Waals surface area contributed by atoms with Gasteiger partial charge in [-0.1, -0.05) is 23.2 Å². The molecule has 2 aliphatic heterocycles. The zero-order valence-electron chi connectivity index (χ0n) is 12.9. The highest BCUT2D eigenvalue weighted by Crippen LogP contribution is 2.20. The number of halogens is 2. The molecule has 1 aromatic carbocycles. The largest absolute Gasteiger partial charge is 0.381 e. The Hall–Kier alpha value is -0.320. The third kappa shape index (κ3) is 4.84. The van der Waals surface area contributed by atoms with E-state index in [0.29, 0.717) is 0 Å². The van der Waals surface area contributed by atoms with Gasteiger partial charge in [0, 0.05) is 55.9 Å². The fraction of sp³-hybridized carbons (Fsp3) is 0.647. The standard InChI is InChI=1S/C17H24Cl2N2O/c18-16-9-14(10-17(19)11-16)1-3-20-4-6-21(7-5-20)12-15-2-8-22-13-15/h9-11,15H,1-8,12-13H2/t15-/m0/s1. The van der Waals surface area contributed by atoms with E-state index in [2.05, 4.69) is 9.80 Å². The minimum Gasteiger partial charge on any atom is -0.381 e. The van der Waals surface area contributed by atoms with Crippen LogP contribution < -0.4 is 0 Å². The normalized spacial score (nSPS) is 24.0. The van der Waals surface area contributed by atoms with E-state index in [1.165, 1.54) is 31.6 Å². The van der Waals surface area contributed by atoms with E-state index in [9.17, 15) is 0 Å². The molecule has 0 amide bonds. The van der Waals surface area contributed by atoms with Crippen LogP contribution in [0.1, 0.15) is 12.0 Å². The summed E-state index contributed by atoms with van der Waals surface area (Å²) in [5.74, 6) is 0.750. The van der Waals surface area contributed by atoms with Gasteiger partial charge in [-0.05, 0) is 42.5 Å². The van der Waals surface area contributed by atoms with E-state index in [-0.39, 0.29) is 0 Å². The number of hydrogen-bond acceptors (Lipinski definition) is 3. The first-order chi connectivity index (χ1) is 10.7. The van der Waals surface area contributed by atoms with Gasteiger partial charge in [-0.15, -0.1) is 0 Å². The van der Waals surface area contributed by atoms with Crippen molar-refractivity contribution in [2.75, 3.05) is 52.5 Å². The highest BCUT2D eigenvalue weighted by molar-refractivity contribution is 6.34. The van der Waals surface area contributed by atoms with Gasteiger partial charge in [0.25, 0.3) is 0 Å². The summed E-state index contributed by atoms with van der Waals surface area (Å²) >= 11 is 12.1. The van der Waals surface area contributed by atoms with Gasteiger partial charge in [0.1, 0.15) is 0 Å². The van der Waals surface area contributed by atoms with Crippen molar-refractivity contribution in [2.45, 2.75) is 12.8 Å². The van der Waals surface area contributed by atoms with E-state index in [4.69, 9.17) is 27.9 Å². The predicted octanol–water partition coefficient (Wildman–Crippen LogP) is 3.19. The van der Waals surface area contributed by atoms with Crippen LogP contribution in [0.25, 0.3) is 0 Å². The lowest BCUT2D eigenvalue weighted by Gasteiger charge is -2.35. The molecule has 1 atom stereocenters. The predicted molar refractivity (Wildman–Crippen MR) is 92.0 cm³/mol. The number of nitrogens with zero attached hydrogens (tertiary/aromatic N) is 2. The van der Waals surface area contributed by atoms with Gasteiger partial charge < -0.3 is 14.5 Å². The first-order valence-corrected chi connectivity index (χ1v) is 8.92. The Bertz CT molecular complexity index is 463. The second kappa shape index (κ2) is 7.98. The van der Waals surface area contributed by atoms with Gasteiger partial charge in [-0.3, -0.25) is 0 Å². The average molecular weight is 343 g/mol. The molecule has 2 saturated heterocycles. The van der Waals surface area contributed by atoms with Gasteiger partial charge in [0.15, 0.2) is 0 Å². The molecule has 3 rings (SSSR count). The van der Waals surface area contributed by atoms with Gasteiger partial charge in [0.2, 0.25) is 0 Å². The molecule has 122 valence electrons. The van der Waals surface area contributed by atoms with E-state index in [1.54, 1.807) is 6.07 Å². The Morgan fingerprint density at radius 1 is 1.00 bits per heavy atom. The van der Waals surface area contributed by atoms with Crippen molar-refractivity contribution in [3.63, 3.8) is 0 Å². The Balaban J connectivity index is 1.40. The number of ether oxygens (including phenoxy) is 1. The van der Waals surface area contributed by atoms with Crippen LogP contribution in [0.5, 0.6) is 0 Å². The summed E-state index contributed by atoms with van der Waals surface area (Å²) < 4.78 is 5.47. The van der Waals surface area contributed by atoms with Crippen molar-refractivity contribution in [2.24, 2.45) is 5.92 Å². The Morgan fingerprint density at radius 2 is 1.68 bits per heavy atom. The van der Waals surface area contributed by atoms with E-state index in [0.717, 1.165) is 55.2 Å². The minimum absolute atomic E-state index is 0.728. The van der Waals surface area contributed by atoms with Crippen LogP contribution in [0.4, 0.5) is 0 Å². The first-order valence-electron chi connectivity index (χ1n) is 8.16. The van der Waals surface area contributed by atoms with Crippen LogP contribution in [0.3, 0.4) is 0 Å². The summed E-state index contributed by atoms with van der Waals surface area (Å²) in [5, 5.41) is 1.46. The maximum absolute atomic E-state index is 6.06. The van der Waals surface area contributed by atoms with Crippen LogP contribution in [0.2, 0.25) is 10.0 Å². The number of benzene rings is 1. The van der Waals surface area contributed by atoms with Gasteiger partial charge in [-0.2, -0.15) is 0 Å². The first kappa shape index (κ1) is 16.5. The fourth-order valence-corrected chi connectivity index (χ4v) is 3.90. The molecular formula is C17H24Cl2N2O. The summed E-state index contributed by atoms with van der Waals surface area (Å²) in [7, 11) is 0. The Morgan fingerprint density at radius 3 is 2.32 bits per heavy atom. The van der Waals surface area contributed by atoms with Crippen LogP contribution in [-0.2, 0) is 11.2 Å². The van der Waals surface area contributed by atoms with Crippen molar-refractivity contribution >= 4 is 23.2 Å². The van der Waals surface area contributed by atoms with E-state index < -0.39 is 0 Å². The topological polar surface area (TPSA) is 15.7 Å². The molecule has 22 heavy (non-hydrogen) atoms. The fourth-order valence-electron chi connectivity index (χ4n) is 3.33. The highest BCUT2D eigenvalue weighted by atomic mass is 35.5. The van der Waals surface area contributed by atoms with Crippen molar-refractivity contribution in [1.82, 2.24) is 9.80 Å². The zero-order valence-corrected chi connectivity index (χ0v) is 14.5. The molecule has 0 spiro atoms. The van der Waals surface area contributed by atoms with Gasteiger partial charge in [0.05, 0.1) is 6.61 Å². The maximum Gasteiger partial charge on any atom is 0.0507 e. The van der Waals surface area contributed by atoms with Gasteiger partial charge in [-0.25, -0.2) is 0 Å². The van der Waals surface area contributed by atoms with Crippen molar-refractivity contribution < 1.29 is 4.74 Å². The lowest BCUT2D eigenvalue weighted by atomic mass is 10.1. The molecule has 0 N–H and O–H groups in total. The maximum atomic E-state index is 6.06. The van der Waals surface area contributed by atoms with E-state index in [1.807, 2.05) is 12.1 Å². The zero-order chi connectivity index (χ0) is 15.4. The molecule has 0 bridgehead atoms. The smallest absolute Gasteiger partial charge is 0.0507 e. The van der Waals surface area contributed by atoms with Crippen LogP contribution >= 0.6 is 23.2 Å². The summed E-state index contributed by atoms with van der Waals surface area (Å²) in [6.07, 6.45) is 2.24. The molecule has 0 radical (unpaired) electrons. The minimum atomic E-state index is 0.728. The summed E-state index contributed by atoms with van der Waals surface area (Å²) in [6, 6.07) is 5.83. The molecule has 1 aromatic rings. The molecule has 2 heterocycles. The van der Waals surface area contributed by atoms with E-state index >= 15 is 0 Å². The molecule has 0 unspecified atom stereocenters. The quantitative estimate of drug-likeness (QED) is 0.817. The lowest BCUT2D eigenvalue weighted by Crippen LogP contribution is -2.48. The molecule has 0 aromatic heterocycles. The SMILES string of the molecule is Clc1cc(Cl)cc(CCN2CCN(C[C@@H]3CCOC3)CC2)c1. The Kier molecular flexibility index (Phi) is 6.00. The number of rotatable bonds is 5. The van der Waals surface area contributed by atoms with Crippen molar-refractivity contribution in [3.8, 4) is 0 Å². The summed E-state index contributed by atoms with van der Waals surface area (Å²) in [6.45, 7) is 8.85. The third-order valence-corrected chi connectivity index (χ3v) is 5.08. The third-order valence-electron chi connectivity index (χ3n) is 4.64. The molecular weight excluding hydrogens is 319 g/mol. The number of piperazine rings is 1. The van der Waals surface area contributed by atoms with Crippen LogP contribution in [0, 0.1) is 5.92 Å². The second-order valence-electron chi connectivity index (χ2n) is 6.40. The second-order valence-corrected chi connectivity index (χ2v) is 7.27. The van der Waals surface area contributed by atoms with Crippen molar-refractivity contribution in [3.05, 3.63) is 33.8 Å².